The summed E-state index contributed by atoms with van der Waals surface area (Å²) in [6.07, 6.45) is -7.20. The number of nitrogens with zero attached hydrogens (tertiary/aromatic N) is 3. The van der Waals surface area contributed by atoms with E-state index in [0.717, 1.165) is 16.4 Å². The number of halogens is 5. The molecule has 0 spiro atoms. The molecule has 1 amide bonds. The molecule has 0 saturated carbocycles. The van der Waals surface area contributed by atoms with Crippen molar-refractivity contribution in [1.82, 2.24) is 15.2 Å². The first-order valence-electron chi connectivity index (χ1n) is 8.08. The molecule has 1 unspecified atom stereocenters. The van der Waals surface area contributed by atoms with Gasteiger partial charge in [0.1, 0.15) is 12.7 Å². The van der Waals surface area contributed by atoms with Crippen molar-refractivity contribution in [2.45, 2.75) is 38.1 Å². The molecule has 1 fully saturated rings. The van der Waals surface area contributed by atoms with Crippen LogP contribution in [0.25, 0.3) is 10.7 Å². The van der Waals surface area contributed by atoms with Crippen molar-refractivity contribution < 1.29 is 40.8 Å². The lowest BCUT2D eigenvalue weighted by Crippen LogP contribution is -2.39. The zero-order chi connectivity index (χ0) is 20.3. The second kappa shape index (κ2) is 8.49. The van der Waals surface area contributed by atoms with Crippen LogP contribution < -0.4 is 0 Å². The SMILES string of the molecule is O=C(C1CCCO1)N(Cc1ccc(-c2noc(C(F)(F)F)n2)s1)OCC(F)F. The molecular weight excluding hydrogens is 413 g/mol. The molecule has 0 aromatic carbocycles. The molecule has 1 saturated heterocycles. The van der Waals surface area contributed by atoms with Crippen LogP contribution in [-0.2, 0) is 27.1 Å². The molecule has 2 aromatic rings. The van der Waals surface area contributed by atoms with Gasteiger partial charge < -0.3 is 9.26 Å². The van der Waals surface area contributed by atoms with E-state index in [9.17, 15) is 26.7 Å². The molecule has 7 nitrogen and oxygen atoms in total. The molecule has 0 aliphatic carbocycles. The Morgan fingerprint density at radius 2 is 2.18 bits per heavy atom. The number of thiophene rings is 1. The number of ether oxygens (including phenoxy) is 1. The highest BCUT2D eigenvalue weighted by atomic mass is 32.1. The van der Waals surface area contributed by atoms with Gasteiger partial charge in [-0.05, 0) is 25.0 Å². The molecule has 2 aromatic heterocycles. The highest BCUT2D eigenvalue weighted by Crippen LogP contribution is 2.32. The van der Waals surface area contributed by atoms with E-state index in [2.05, 4.69) is 14.7 Å². The topological polar surface area (TPSA) is 77.7 Å². The lowest BCUT2D eigenvalue weighted by Gasteiger charge is -2.23. The Hall–Kier alpha value is -2.12. The van der Waals surface area contributed by atoms with Crippen LogP contribution in [0.3, 0.4) is 0 Å². The van der Waals surface area contributed by atoms with Gasteiger partial charge in [-0.15, -0.1) is 11.3 Å². The fourth-order valence-electron chi connectivity index (χ4n) is 2.43. The molecular formula is C15H14F5N3O4S. The van der Waals surface area contributed by atoms with Crippen LogP contribution in [-0.4, -0.2) is 46.9 Å². The minimum absolute atomic E-state index is 0.180. The van der Waals surface area contributed by atoms with E-state index in [-0.39, 0.29) is 17.2 Å². The maximum Gasteiger partial charge on any atom is 0.471 e. The van der Waals surface area contributed by atoms with Gasteiger partial charge in [0.15, 0.2) is 0 Å². The van der Waals surface area contributed by atoms with Crippen molar-refractivity contribution >= 4 is 17.2 Å². The minimum atomic E-state index is -4.76. The summed E-state index contributed by atoms with van der Waals surface area (Å²) in [5.74, 6) is -2.34. The predicted octanol–water partition coefficient (Wildman–Crippen LogP) is 3.52. The van der Waals surface area contributed by atoms with Gasteiger partial charge >= 0.3 is 12.1 Å². The van der Waals surface area contributed by atoms with Gasteiger partial charge in [-0.2, -0.15) is 18.2 Å². The molecule has 3 rings (SSSR count). The largest absolute Gasteiger partial charge is 0.471 e. The number of rotatable bonds is 7. The van der Waals surface area contributed by atoms with Crippen LogP contribution in [0.1, 0.15) is 23.6 Å². The molecule has 0 N–H and O–H groups in total. The van der Waals surface area contributed by atoms with Crippen molar-refractivity contribution in [1.29, 1.82) is 0 Å². The van der Waals surface area contributed by atoms with E-state index < -0.39 is 37.1 Å². The standard InChI is InChI=1S/C15H14F5N3O4S/c16-11(17)7-26-23(13(24)9-2-1-5-25-9)6-8-3-4-10(28-8)12-21-14(27-22-12)15(18,19)20/h3-4,9,11H,1-2,5-7H2. The zero-order valence-corrected chi connectivity index (χ0v) is 14.9. The summed E-state index contributed by atoms with van der Waals surface area (Å²) in [7, 11) is 0. The van der Waals surface area contributed by atoms with E-state index in [4.69, 9.17) is 9.57 Å². The zero-order valence-electron chi connectivity index (χ0n) is 14.1. The average molecular weight is 427 g/mol. The number of hydroxylamine groups is 2. The van der Waals surface area contributed by atoms with Gasteiger partial charge in [0.2, 0.25) is 5.82 Å². The van der Waals surface area contributed by atoms with Gasteiger partial charge in [-0.3, -0.25) is 9.63 Å². The first-order valence-corrected chi connectivity index (χ1v) is 8.89. The highest BCUT2D eigenvalue weighted by molar-refractivity contribution is 7.15. The summed E-state index contributed by atoms with van der Waals surface area (Å²) in [5.41, 5.74) is 0. The number of carbonyl (C=O) groups is 1. The second-order valence-corrected chi connectivity index (χ2v) is 6.92. The van der Waals surface area contributed by atoms with Crippen LogP contribution in [0.15, 0.2) is 16.7 Å². The third kappa shape index (κ3) is 5.02. The first-order chi connectivity index (χ1) is 13.2. The molecule has 1 aliphatic rings. The molecule has 1 atom stereocenters. The van der Waals surface area contributed by atoms with E-state index in [1.807, 2.05) is 0 Å². The molecule has 0 bridgehead atoms. The summed E-state index contributed by atoms with van der Waals surface area (Å²) < 4.78 is 72.1. The quantitative estimate of drug-likeness (QED) is 0.497. The van der Waals surface area contributed by atoms with E-state index in [1.165, 1.54) is 12.1 Å². The maximum absolute atomic E-state index is 12.6. The summed E-state index contributed by atoms with van der Waals surface area (Å²) in [5, 5.41) is 4.06. The lowest BCUT2D eigenvalue weighted by molar-refractivity contribution is -0.209. The van der Waals surface area contributed by atoms with Crippen molar-refractivity contribution in [3.05, 3.63) is 22.9 Å². The van der Waals surface area contributed by atoms with E-state index >= 15 is 0 Å². The number of hydrogen-bond donors (Lipinski definition) is 0. The Labute approximate surface area is 159 Å². The van der Waals surface area contributed by atoms with Crippen LogP contribution in [0.4, 0.5) is 22.0 Å². The van der Waals surface area contributed by atoms with E-state index in [1.54, 1.807) is 0 Å². The fourth-order valence-corrected chi connectivity index (χ4v) is 3.34. The predicted molar refractivity (Wildman–Crippen MR) is 84.1 cm³/mol. The molecule has 0 radical (unpaired) electrons. The van der Waals surface area contributed by atoms with Gasteiger partial charge in [0.05, 0.1) is 11.4 Å². The van der Waals surface area contributed by atoms with Crippen molar-refractivity contribution in [2.75, 3.05) is 13.2 Å². The molecule has 1 aliphatic heterocycles. The summed E-state index contributed by atoms with van der Waals surface area (Å²) in [4.78, 5) is 21.3. The molecule has 28 heavy (non-hydrogen) atoms. The molecule has 3 heterocycles. The van der Waals surface area contributed by atoms with Crippen LogP contribution in [0, 0.1) is 0 Å². The summed E-state index contributed by atoms with van der Waals surface area (Å²) in [6, 6.07) is 2.94. The summed E-state index contributed by atoms with van der Waals surface area (Å²) >= 11 is 0.978. The van der Waals surface area contributed by atoms with Crippen molar-refractivity contribution in [3.8, 4) is 10.7 Å². The third-order valence-electron chi connectivity index (χ3n) is 3.66. The number of alkyl halides is 5. The van der Waals surface area contributed by atoms with Gasteiger partial charge in [-0.1, -0.05) is 5.16 Å². The average Bonchev–Trinajstić information content (AvgIpc) is 3.38. The minimum Gasteiger partial charge on any atom is -0.368 e. The van der Waals surface area contributed by atoms with Crippen LogP contribution >= 0.6 is 11.3 Å². The van der Waals surface area contributed by atoms with Gasteiger partial charge in [-0.25, -0.2) is 13.8 Å². The number of aromatic nitrogens is 2. The Morgan fingerprint density at radius 3 is 2.79 bits per heavy atom. The lowest BCUT2D eigenvalue weighted by atomic mass is 10.2. The van der Waals surface area contributed by atoms with Crippen molar-refractivity contribution in [3.63, 3.8) is 0 Å². The smallest absolute Gasteiger partial charge is 0.368 e. The normalized spacial score (nSPS) is 17.4. The second-order valence-electron chi connectivity index (χ2n) is 5.75. The highest BCUT2D eigenvalue weighted by Gasteiger charge is 2.38. The molecule has 13 heteroatoms. The summed E-state index contributed by atoms with van der Waals surface area (Å²) in [6.45, 7) is -0.766. The van der Waals surface area contributed by atoms with E-state index in [0.29, 0.717) is 24.3 Å². The Balaban J connectivity index is 1.72. The van der Waals surface area contributed by atoms with Gasteiger partial charge in [0.25, 0.3) is 12.3 Å². The fraction of sp³-hybridized carbons (Fsp3) is 0.533. The Kier molecular flexibility index (Phi) is 6.25. The van der Waals surface area contributed by atoms with Crippen molar-refractivity contribution in [2.24, 2.45) is 0 Å². The third-order valence-corrected chi connectivity index (χ3v) is 4.72. The van der Waals surface area contributed by atoms with Crippen LogP contribution in [0.2, 0.25) is 0 Å². The Morgan fingerprint density at radius 1 is 1.39 bits per heavy atom. The molecule has 154 valence electrons. The number of carbonyl (C=O) groups excluding carboxylic acids is 1. The number of hydrogen-bond acceptors (Lipinski definition) is 7. The number of amides is 1. The monoisotopic (exact) mass is 427 g/mol. The maximum atomic E-state index is 12.6. The van der Waals surface area contributed by atoms with Crippen LogP contribution in [0.5, 0.6) is 0 Å². The Bertz CT molecular complexity index is 804. The van der Waals surface area contributed by atoms with Gasteiger partial charge in [0, 0.05) is 11.5 Å². The first kappa shape index (κ1) is 20.6.